The minimum absolute atomic E-state index is 0.0846. The molecule has 0 saturated heterocycles. The van der Waals surface area contributed by atoms with Gasteiger partial charge in [0.05, 0.1) is 18.3 Å². The van der Waals surface area contributed by atoms with Crippen molar-refractivity contribution in [3.63, 3.8) is 0 Å². The van der Waals surface area contributed by atoms with Crippen LogP contribution in [0.5, 0.6) is 0 Å². The zero-order valence-corrected chi connectivity index (χ0v) is 23.0. The lowest BCUT2D eigenvalue weighted by molar-refractivity contribution is -0.180. The first-order chi connectivity index (χ1) is 15.9. The number of aliphatic hydroxyl groups is 4. The summed E-state index contributed by atoms with van der Waals surface area (Å²) in [6, 6.07) is 0. The number of allylic oxidation sites excluding steroid dienone is 2. The van der Waals surface area contributed by atoms with Crippen LogP contribution in [0.3, 0.4) is 0 Å². The number of aliphatic hydroxyl groups excluding tert-OH is 3. The Labute approximate surface area is 211 Å². The average Bonchev–Trinajstić information content (AvgIpc) is 2.96. The van der Waals surface area contributed by atoms with E-state index in [1.54, 1.807) is 6.92 Å². The Bertz CT molecular complexity index is 931. The molecule has 0 aliphatic heterocycles. The molecule has 0 spiro atoms. The summed E-state index contributed by atoms with van der Waals surface area (Å²) in [6.07, 6.45) is 6.99. The number of ketones is 1. The molecule has 0 aromatic carbocycles. The molecule has 0 bridgehead atoms. The molecule has 0 aromatic rings. The van der Waals surface area contributed by atoms with Crippen LogP contribution in [0.2, 0.25) is 0 Å². The molecule has 0 heterocycles. The fraction of sp³-hybridized carbons (Fsp3) is 0.833. The van der Waals surface area contributed by atoms with Gasteiger partial charge in [-0.05, 0) is 79.1 Å². The second-order valence-electron chi connectivity index (χ2n) is 14.2. The number of carbonyl (C=O) groups is 1. The van der Waals surface area contributed by atoms with Crippen molar-refractivity contribution in [3.05, 3.63) is 23.8 Å². The Hall–Kier alpha value is -1.01. The van der Waals surface area contributed by atoms with Gasteiger partial charge >= 0.3 is 0 Å². The van der Waals surface area contributed by atoms with Crippen molar-refractivity contribution in [2.75, 3.05) is 0 Å². The highest BCUT2D eigenvalue weighted by atomic mass is 16.3. The molecule has 4 aliphatic carbocycles. The third-order valence-electron chi connectivity index (χ3n) is 11.6. The van der Waals surface area contributed by atoms with E-state index in [4.69, 9.17) is 0 Å². The van der Waals surface area contributed by atoms with Crippen LogP contribution in [-0.4, -0.2) is 50.1 Å². The van der Waals surface area contributed by atoms with E-state index in [0.29, 0.717) is 12.8 Å². The molecule has 0 radical (unpaired) electrons. The Morgan fingerprint density at radius 1 is 1.06 bits per heavy atom. The summed E-state index contributed by atoms with van der Waals surface area (Å²) >= 11 is 0. The number of rotatable bonds is 4. The van der Waals surface area contributed by atoms with Crippen molar-refractivity contribution in [1.82, 2.24) is 0 Å². The van der Waals surface area contributed by atoms with E-state index >= 15 is 0 Å². The summed E-state index contributed by atoms with van der Waals surface area (Å²) in [5.74, 6) is -0.252. The molecular weight excluding hydrogens is 440 g/mol. The topological polar surface area (TPSA) is 98.0 Å². The molecule has 3 unspecified atom stereocenters. The first-order valence-electron chi connectivity index (χ1n) is 13.6. The molecule has 3 fully saturated rings. The van der Waals surface area contributed by atoms with Gasteiger partial charge in [-0.3, -0.25) is 4.79 Å². The maximum absolute atomic E-state index is 13.2. The lowest BCUT2D eigenvalue weighted by atomic mass is 9.38. The van der Waals surface area contributed by atoms with Crippen LogP contribution >= 0.6 is 0 Å². The maximum Gasteiger partial charge on any atom is 0.186 e. The number of hydrogen-bond acceptors (Lipinski definition) is 5. The Balaban J connectivity index is 1.75. The highest BCUT2D eigenvalue weighted by molar-refractivity contribution is 5.97. The van der Waals surface area contributed by atoms with Crippen molar-refractivity contribution >= 4 is 5.78 Å². The van der Waals surface area contributed by atoms with Crippen molar-refractivity contribution in [2.24, 2.45) is 45.3 Å². The molecule has 5 nitrogen and oxygen atoms in total. The summed E-state index contributed by atoms with van der Waals surface area (Å²) in [7, 11) is 0. The summed E-state index contributed by atoms with van der Waals surface area (Å²) in [6.45, 7) is 16.5. The predicted molar refractivity (Wildman–Crippen MR) is 137 cm³/mol. The van der Waals surface area contributed by atoms with Crippen molar-refractivity contribution in [1.29, 1.82) is 0 Å². The molecule has 35 heavy (non-hydrogen) atoms. The van der Waals surface area contributed by atoms with Gasteiger partial charge in [0.25, 0.3) is 0 Å². The van der Waals surface area contributed by atoms with Gasteiger partial charge in [-0.1, -0.05) is 66.2 Å². The molecular formula is C30H48O5. The normalized spacial score (nSPS) is 48.7. The Morgan fingerprint density at radius 2 is 1.69 bits per heavy atom. The van der Waals surface area contributed by atoms with Gasteiger partial charge < -0.3 is 20.4 Å². The second kappa shape index (κ2) is 8.24. The fourth-order valence-corrected chi connectivity index (χ4v) is 9.39. The second-order valence-corrected chi connectivity index (χ2v) is 14.2. The fourth-order valence-electron chi connectivity index (χ4n) is 9.39. The van der Waals surface area contributed by atoms with Gasteiger partial charge in [0.1, 0.15) is 5.60 Å². The highest BCUT2D eigenvalue weighted by Crippen LogP contribution is 2.75. The van der Waals surface area contributed by atoms with E-state index < -0.39 is 40.7 Å². The van der Waals surface area contributed by atoms with Crippen molar-refractivity contribution < 1.29 is 25.2 Å². The lowest BCUT2D eigenvalue weighted by Crippen LogP contribution is -2.62. The summed E-state index contributed by atoms with van der Waals surface area (Å²) in [5, 5.41) is 44.7. The van der Waals surface area contributed by atoms with E-state index in [2.05, 4.69) is 26.8 Å². The molecule has 10 atom stereocenters. The van der Waals surface area contributed by atoms with E-state index in [9.17, 15) is 25.2 Å². The molecule has 198 valence electrons. The molecule has 0 aromatic heterocycles. The zero-order chi connectivity index (χ0) is 26.4. The van der Waals surface area contributed by atoms with E-state index in [1.807, 2.05) is 33.8 Å². The molecule has 0 amide bonds. The highest BCUT2D eigenvalue weighted by Gasteiger charge is 2.72. The molecule has 3 saturated carbocycles. The van der Waals surface area contributed by atoms with Gasteiger partial charge in [0.2, 0.25) is 0 Å². The molecule has 4 aliphatic rings. The van der Waals surface area contributed by atoms with E-state index in [0.717, 1.165) is 19.3 Å². The minimum Gasteiger partial charge on any atom is -0.393 e. The Morgan fingerprint density at radius 3 is 2.29 bits per heavy atom. The Kier molecular flexibility index (Phi) is 6.37. The van der Waals surface area contributed by atoms with Crippen LogP contribution < -0.4 is 0 Å². The third-order valence-corrected chi connectivity index (χ3v) is 11.6. The SMILES string of the molecule is CC(C)/C=C/C(=O)[C@](C)(O)C1[C@H](O)C[C@@]2(C)C3CC=C4C(C[C@H](O)[C@H](O)C4(C)C)[C@]3(C)CC[C@]12C. The maximum atomic E-state index is 13.2. The predicted octanol–water partition coefficient (Wildman–Crippen LogP) is 4.43. The van der Waals surface area contributed by atoms with E-state index in [1.165, 1.54) is 11.6 Å². The van der Waals surface area contributed by atoms with Crippen LogP contribution in [0, 0.1) is 45.3 Å². The summed E-state index contributed by atoms with van der Waals surface area (Å²) in [4.78, 5) is 13.2. The quantitative estimate of drug-likeness (QED) is 0.347. The molecule has 5 heteroatoms. The van der Waals surface area contributed by atoms with Crippen molar-refractivity contribution in [2.45, 2.75) is 111 Å². The standard InChI is InChI=1S/C30H48O5/c1-17(2)9-12-23(33)30(8,35)24-21(32)16-29(7)22-11-10-18-19(15-20(31)25(34)26(18,3)4)27(22,5)13-14-28(24,29)6/h9-10,12,17,19-22,24-25,31-32,34-35H,11,13-16H2,1-8H3/b12-9+/t19?,20-,21+,22?,24?,25-,27-,28+,29-,30-/m0/s1. The monoisotopic (exact) mass is 488 g/mol. The minimum atomic E-state index is -1.64. The summed E-state index contributed by atoms with van der Waals surface area (Å²) in [5.41, 5.74) is -1.63. The van der Waals surface area contributed by atoms with Gasteiger partial charge in [0.15, 0.2) is 5.78 Å². The smallest absolute Gasteiger partial charge is 0.186 e. The van der Waals surface area contributed by atoms with Gasteiger partial charge in [-0.15, -0.1) is 0 Å². The van der Waals surface area contributed by atoms with Crippen LogP contribution in [0.15, 0.2) is 23.8 Å². The first kappa shape index (κ1) is 27.0. The largest absolute Gasteiger partial charge is 0.393 e. The van der Waals surface area contributed by atoms with Gasteiger partial charge in [0, 0.05) is 11.3 Å². The van der Waals surface area contributed by atoms with E-state index in [-0.39, 0.29) is 34.4 Å². The van der Waals surface area contributed by atoms with Crippen LogP contribution in [-0.2, 0) is 4.79 Å². The third kappa shape index (κ3) is 3.59. The molecule has 4 N–H and O–H groups in total. The number of carbonyl (C=O) groups excluding carboxylic acids is 1. The van der Waals surface area contributed by atoms with Crippen molar-refractivity contribution in [3.8, 4) is 0 Å². The van der Waals surface area contributed by atoms with Crippen LogP contribution in [0.1, 0.15) is 87.5 Å². The summed E-state index contributed by atoms with van der Waals surface area (Å²) < 4.78 is 0. The van der Waals surface area contributed by atoms with Crippen LogP contribution in [0.25, 0.3) is 0 Å². The van der Waals surface area contributed by atoms with Gasteiger partial charge in [-0.2, -0.15) is 0 Å². The average molecular weight is 489 g/mol. The molecule has 4 rings (SSSR count). The zero-order valence-electron chi connectivity index (χ0n) is 23.0. The van der Waals surface area contributed by atoms with Crippen LogP contribution in [0.4, 0.5) is 0 Å². The number of fused-ring (bicyclic) bond motifs is 5. The number of hydrogen-bond donors (Lipinski definition) is 4. The first-order valence-corrected chi connectivity index (χ1v) is 13.6. The van der Waals surface area contributed by atoms with Gasteiger partial charge in [-0.25, -0.2) is 0 Å². The lowest BCUT2D eigenvalue weighted by Gasteiger charge is -2.66.